The van der Waals surface area contributed by atoms with E-state index in [1.807, 2.05) is 18.2 Å². The Bertz CT molecular complexity index is 1430. The maximum Gasteiger partial charge on any atom is 0.252 e. The Morgan fingerprint density at radius 3 is 2.43 bits per heavy atom. The van der Waals surface area contributed by atoms with E-state index in [9.17, 15) is 23.5 Å². The maximum absolute atomic E-state index is 13.8. The molecule has 0 bridgehead atoms. The van der Waals surface area contributed by atoms with Crippen LogP contribution in [0.4, 0.5) is 8.78 Å². The summed E-state index contributed by atoms with van der Waals surface area (Å²) in [5.41, 5.74) is 2.74. The van der Waals surface area contributed by atoms with E-state index >= 15 is 0 Å². The van der Waals surface area contributed by atoms with Crippen LogP contribution in [0, 0.1) is 11.6 Å². The highest BCUT2D eigenvalue weighted by molar-refractivity contribution is 6.06. The van der Waals surface area contributed by atoms with Gasteiger partial charge in [0, 0.05) is 36.1 Å². The van der Waals surface area contributed by atoms with E-state index in [-0.39, 0.29) is 24.1 Å². The summed E-state index contributed by atoms with van der Waals surface area (Å²) in [6.07, 6.45) is -0.195. The van der Waals surface area contributed by atoms with Crippen LogP contribution in [-0.4, -0.2) is 34.7 Å². The molecular weight excluding hydrogens is 476 g/mol. The number of carbonyl (C=O) groups is 1. The van der Waals surface area contributed by atoms with Crippen molar-refractivity contribution in [3.8, 4) is 0 Å². The number of hydrogen-bond acceptors (Lipinski definition) is 4. The third-order valence-corrected chi connectivity index (χ3v) is 6.24. The predicted octanol–water partition coefficient (Wildman–Crippen LogP) is 3.86. The van der Waals surface area contributed by atoms with Crippen LogP contribution in [-0.2, 0) is 19.4 Å². The second-order valence-corrected chi connectivity index (χ2v) is 9.03. The summed E-state index contributed by atoms with van der Waals surface area (Å²) >= 11 is 0. The number of carbonyl (C=O) groups excluding carboxylic acids is 1. The summed E-state index contributed by atoms with van der Waals surface area (Å²) in [5.74, 6) is -2.06. The molecule has 0 unspecified atom stereocenters. The normalized spacial score (nSPS) is 12.9. The van der Waals surface area contributed by atoms with Crippen LogP contribution in [0.1, 0.15) is 34.0 Å². The number of aliphatic hydroxyl groups excluding tert-OH is 1. The van der Waals surface area contributed by atoms with E-state index in [0.29, 0.717) is 17.4 Å². The fourth-order valence-corrected chi connectivity index (χ4v) is 4.37. The fraction of sp³-hybridized carbons (Fsp3) is 0.241. The Morgan fingerprint density at radius 2 is 1.68 bits per heavy atom. The third-order valence-electron chi connectivity index (χ3n) is 6.24. The number of aromatic nitrogens is 1. The molecule has 4 N–H and O–H groups in total. The SMILES string of the molecule is CCc1cccc(CNC[C@@H](O)[C@H](Cc2cc(F)cc(F)c2)NC(=O)c2cc(=O)[nH]c3ccccc23)c1. The van der Waals surface area contributed by atoms with Crippen molar-refractivity contribution in [1.82, 2.24) is 15.6 Å². The summed E-state index contributed by atoms with van der Waals surface area (Å²) < 4.78 is 27.7. The zero-order valence-corrected chi connectivity index (χ0v) is 20.4. The van der Waals surface area contributed by atoms with Gasteiger partial charge in [-0.25, -0.2) is 8.78 Å². The van der Waals surface area contributed by atoms with E-state index in [4.69, 9.17) is 0 Å². The minimum absolute atomic E-state index is 0.0181. The number of aryl methyl sites for hydroxylation is 1. The molecule has 4 aromatic rings. The van der Waals surface area contributed by atoms with Gasteiger partial charge in [-0.2, -0.15) is 0 Å². The van der Waals surface area contributed by atoms with Crippen LogP contribution in [0.2, 0.25) is 0 Å². The first-order valence-electron chi connectivity index (χ1n) is 12.2. The van der Waals surface area contributed by atoms with E-state index in [1.165, 1.54) is 23.8 Å². The maximum atomic E-state index is 13.8. The summed E-state index contributed by atoms with van der Waals surface area (Å²) in [5, 5.41) is 17.5. The smallest absolute Gasteiger partial charge is 0.252 e. The Kier molecular flexibility index (Phi) is 8.43. The highest BCUT2D eigenvalue weighted by Gasteiger charge is 2.24. The Balaban J connectivity index is 1.54. The monoisotopic (exact) mass is 505 g/mol. The highest BCUT2D eigenvalue weighted by Crippen LogP contribution is 2.17. The summed E-state index contributed by atoms with van der Waals surface area (Å²) in [7, 11) is 0. The molecule has 0 saturated heterocycles. The zero-order chi connectivity index (χ0) is 26.4. The van der Waals surface area contributed by atoms with Crippen molar-refractivity contribution in [2.75, 3.05) is 6.54 Å². The van der Waals surface area contributed by atoms with Gasteiger partial charge in [-0.15, -0.1) is 0 Å². The van der Waals surface area contributed by atoms with E-state index in [2.05, 4.69) is 28.6 Å². The van der Waals surface area contributed by atoms with Crippen LogP contribution in [0.5, 0.6) is 0 Å². The molecule has 192 valence electrons. The number of nitrogens with one attached hydrogen (secondary N) is 3. The first-order chi connectivity index (χ1) is 17.8. The Labute approximate surface area is 213 Å². The van der Waals surface area contributed by atoms with Crippen LogP contribution in [0.25, 0.3) is 10.9 Å². The lowest BCUT2D eigenvalue weighted by atomic mass is 9.99. The van der Waals surface area contributed by atoms with Crippen molar-refractivity contribution >= 4 is 16.8 Å². The lowest BCUT2D eigenvalue weighted by Gasteiger charge is -2.25. The van der Waals surface area contributed by atoms with Gasteiger partial charge in [0.05, 0.1) is 17.7 Å². The number of benzene rings is 3. The minimum Gasteiger partial charge on any atom is -0.390 e. The van der Waals surface area contributed by atoms with Crippen LogP contribution >= 0.6 is 0 Å². The van der Waals surface area contributed by atoms with Crippen LogP contribution < -0.4 is 16.2 Å². The van der Waals surface area contributed by atoms with Crippen LogP contribution in [0.3, 0.4) is 0 Å². The first kappa shape index (κ1) is 26.2. The molecule has 0 saturated carbocycles. The molecule has 3 aromatic carbocycles. The van der Waals surface area contributed by atoms with Crippen molar-refractivity contribution in [2.24, 2.45) is 0 Å². The Hall–Kier alpha value is -3.88. The average Bonchev–Trinajstić information content (AvgIpc) is 2.87. The van der Waals surface area contributed by atoms with E-state index < -0.39 is 35.2 Å². The predicted molar refractivity (Wildman–Crippen MR) is 139 cm³/mol. The van der Waals surface area contributed by atoms with Gasteiger partial charge in [-0.3, -0.25) is 9.59 Å². The van der Waals surface area contributed by atoms with Crippen molar-refractivity contribution in [1.29, 1.82) is 0 Å². The van der Waals surface area contributed by atoms with Gasteiger partial charge >= 0.3 is 0 Å². The number of H-pyrrole nitrogens is 1. The fourth-order valence-electron chi connectivity index (χ4n) is 4.37. The number of aliphatic hydroxyl groups is 1. The van der Waals surface area contributed by atoms with Crippen molar-refractivity contribution in [2.45, 2.75) is 38.5 Å². The number of amides is 1. The van der Waals surface area contributed by atoms with Crippen molar-refractivity contribution in [3.05, 3.63) is 117 Å². The summed E-state index contributed by atoms with van der Waals surface area (Å²) in [6.45, 7) is 2.69. The molecular formula is C29H29F2N3O3. The number of fused-ring (bicyclic) bond motifs is 1. The molecule has 0 aliphatic rings. The molecule has 0 spiro atoms. The van der Waals surface area contributed by atoms with Gasteiger partial charge in [0.15, 0.2) is 0 Å². The number of hydrogen-bond donors (Lipinski definition) is 4. The molecule has 0 radical (unpaired) electrons. The van der Waals surface area contributed by atoms with Crippen LogP contribution in [0.15, 0.2) is 77.6 Å². The topological polar surface area (TPSA) is 94.2 Å². The molecule has 8 heteroatoms. The number of para-hydroxylation sites is 1. The molecule has 1 amide bonds. The highest BCUT2D eigenvalue weighted by atomic mass is 19.1. The van der Waals surface area contributed by atoms with Gasteiger partial charge in [0.2, 0.25) is 5.56 Å². The average molecular weight is 506 g/mol. The number of halogens is 2. The van der Waals surface area contributed by atoms with E-state index in [0.717, 1.165) is 18.1 Å². The molecule has 0 aliphatic heterocycles. The minimum atomic E-state index is -1.09. The Morgan fingerprint density at radius 1 is 0.946 bits per heavy atom. The molecule has 1 aromatic heterocycles. The first-order valence-corrected chi connectivity index (χ1v) is 12.2. The molecule has 0 fully saturated rings. The summed E-state index contributed by atoms with van der Waals surface area (Å²) in [4.78, 5) is 28.1. The summed E-state index contributed by atoms with van der Waals surface area (Å²) in [6, 6.07) is 18.4. The molecule has 4 rings (SSSR count). The lowest BCUT2D eigenvalue weighted by molar-refractivity contribution is 0.0831. The van der Waals surface area contributed by atoms with Gasteiger partial charge in [0.1, 0.15) is 11.6 Å². The van der Waals surface area contributed by atoms with Gasteiger partial charge in [-0.05, 0) is 47.7 Å². The van der Waals surface area contributed by atoms with E-state index in [1.54, 1.807) is 24.3 Å². The van der Waals surface area contributed by atoms with Crippen molar-refractivity contribution in [3.63, 3.8) is 0 Å². The van der Waals surface area contributed by atoms with Gasteiger partial charge in [0.25, 0.3) is 5.91 Å². The second-order valence-electron chi connectivity index (χ2n) is 9.03. The number of pyridine rings is 1. The lowest BCUT2D eigenvalue weighted by Crippen LogP contribution is -2.48. The molecule has 0 aliphatic carbocycles. The standard InChI is InChI=1S/C29H29F2N3O3/c1-2-18-6-5-7-19(10-18)16-32-17-27(35)26(13-20-11-21(30)14-22(31)12-20)34-29(37)24-15-28(36)33-25-9-4-3-8-23(24)25/h3-12,14-15,26-27,32,35H,2,13,16-17H2,1H3,(H,33,36)(H,34,37)/t26-,27+/m0/s1. The van der Waals surface area contributed by atoms with Crippen molar-refractivity contribution < 1.29 is 18.7 Å². The third kappa shape index (κ3) is 6.87. The molecule has 6 nitrogen and oxygen atoms in total. The van der Waals surface area contributed by atoms with Gasteiger partial charge < -0.3 is 20.7 Å². The molecule has 1 heterocycles. The molecule has 2 atom stereocenters. The zero-order valence-electron chi connectivity index (χ0n) is 20.4. The van der Waals surface area contributed by atoms with Gasteiger partial charge in [-0.1, -0.05) is 49.4 Å². The second kappa shape index (κ2) is 11.9. The number of aromatic amines is 1. The molecule has 37 heavy (non-hydrogen) atoms. The quantitative estimate of drug-likeness (QED) is 0.263. The largest absolute Gasteiger partial charge is 0.390 e. The number of rotatable bonds is 10.